The third kappa shape index (κ3) is 1.82. The predicted octanol–water partition coefficient (Wildman–Crippen LogP) is 1.19. The summed E-state index contributed by atoms with van der Waals surface area (Å²) in [4.78, 5) is 10.4. The third-order valence-electron chi connectivity index (χ3n) is 1.36. The van der Waals surface area contributed by atoms with Crippen LogP contribution < -0.4 is 0 Å². The molecule has 4 heteroatoms. The average Bonchev–Trinajstić information content (AvgIpc) is 2.06. The Labute approximate surface area is 68.8 Å². The number of carboxylic acids is 1. The molecule has 12 heavy (non-hydrogen) atoms. The lowest BCUT2D eigenvalue weighted by Crippen LogP contribution is -1.95. The van der Waals surface area contributed by atoms with Crippen molar-refractivity contribution in [2.75, 3.05) is 0 Å². The fourth-order valence-electron chi connectivity index (χ4n) is 0.778. The summed E-state index contributed by atoms with van der Waals surface area (Å²) in [6, 6.07) is 6.01. The van der Waals surface area contributed by atoms with E-state index in [0.717, 1.165) is 0 Å². The lowest BCUT2D eigenvalue weighted by atomic mass is 10.1. The number of aromatic carboxylic acids is 1. The van der Waals surface area contributed by atoms with Gasteiger partial charge in [0.1, 0.15) is 0 Å². The highest BCUT2D eigenvalue weighted by atomic mass is 16.4. The summed E-state index contributed by atoms with van der Waals surface area (Å²) < 4.78 is 0. The minimum Gasteiger partial charge on any atom is -0.478 e. The zero-order valence-electron chi connectivity index (χ0n) is 6.14. The van der Waals surface area contributed by atoms with E-state index in [-0.39, 0.29) is 5.56 Å². The van der Waals surface area contributed by atoms with Crippen LogP contribution in [-0.2, 0) is 0 Å². The molecule has 0 bridgehead atoms. The summed E-state index contributed by atoms with van der Waals surface area (Å²) in [7, 11) is 0. The predicted molar refractivity (Wildman–Crippen MR) is 42.8 cm³/mol. The van der Waals surface area contributed by atoms with Gasteiger partial charge in [-0.1, -0.05) is 17.3 Å². The monoisotopic (exact) mass is 165 g/mol. The second-order valence-corrected chi connectivity index (χ2v) is 2.17. The molecule has 1 aromatic carbocycles. The van der Waals surface area contributed by atoms with Crippen molar-refractivity contribution in [1.82, 2.24) is 0 Å². The van der Waals surface area contributed by atoms with Gasteiger partial charge in [-0.15, -0.1) is 0 Å². The van der Waals surface area contributed by atoms with Crippen molar-refractivity contribution < 1.29 is 15.1 Å². The van der Waals surface area contributed by atoms with Crippen LogP contribution in [0.25, 0.3) is 0 Å². The standard InChI is InChI=1S/C8H7NO3/c10-8(11)7-3-1-6(2-4-7)5-9-12/h1-5,12H,(H,10,11)/b9-5+. The second kappa shape index (κ2) is 3.52. The van der Waals surface area contributed by atoms with Gasteiger partial charge in [-0.05, 0) is 17.7 Å². The van der Waals surface area contributed by atoms with Gasteiger partial charge in [0.2, 0.25) is 0 Å². The molecule has 0 aliphatic rings. The van der Waals surface area contributed by atoms with Gasteiger partial charge in [0.15, 0.2) is 0 Å². The Morgan fingerprint density at radius 3 is 2.33 bits per heavy atom. The number of hydrogen-bond acceptors (Lipinski definition) is 3. The molecule has 1 aromatic rings. The smallest absolute Gasteiger partial charge is 0.335 e. The summed E-state index contributed by atoms with van der Waals surface area (Å²) in [5.41, 5.74) is 0.868. The largest absolute Gasteiger partial charge is 0.478 e. The number of rotatable bonds is 2. The van der Waals surface area contributed by atoms with Gasteiger partial charge >= 0.3 is 5.97 Å². The van der Waals surface area contributed by atoms with Crippen LogP contribution in [0.2, 0.25) is 0 Å². The van der Waals surface area contributed by atoms with E-state index in [1.807, 2.05) is 0 Å². The molecule has 0 radical (unpaired) electrons. The summed E-state index contributed by atoms with van der Waals surface area (Å²) >= 11 is 0. The SMILES string of the molecule is O=C(O)c1ccc(/C=N/O)cc1. The van der Waals surface area contributed by atoms with Crippen molar-refractivity contribution in [3.05, 3.63) is 35.4 Å². The van der Waals surface area contributed by atoms with E-state index in [9.17, 15) is 4.79 Å². The van der Waals surface area contributed by atoms with Gasteiger partial charge in [0.25, 0.3) is 0 Å². The Hall–Kier alpha value is -1.84. The maximum atomic E-state index is 10.4. The van der Waals surface area contributed by atoms with E-state index in [1.165, 1.54) is 18.3 Å². The summed E-state index contributed by atoms with van der Waals surface area (Å²) in [5.74, 6) is -0.970. The molecule has 0 aliphatic carbocycles. The van der Waals surface area contributed by atoms with E-state index >= 15 is 0 Å². The normalized spacial score (nSPS) is 10.3. The first-order chi connectivity index (χ1) is 5.74. The van der Waals surface area contributed by atoms with Crippen LogP contribution in [-0.4, -0.2) is 22.5 Å². The third-order valence-corrected chi connectivity index (χ3v) is 1.36. The minimum atomic E-state index is -0.970. The van der Waals surface area contributed by atoms with Crippen LogP contribution in [0, 0.1) is 0 Å². The zero-order valence-corrected chi connectivity index (χ0v) is 6.14. The molecule has 2 N–H and O–H groups in total. The second-order valence-electron chi connectivity index (χ2n) is 2.17. The lowest BCUT2D eigenvalue weighted by Gasteiger charge is -1.93. The van der Waals surface area contributed by atoms with Gasteiger partial charge in [-0.3, -0.25) is 0 Å². The fraction of sp³-hybridized carbons (Fsp3) is 0. The molecular formula is C8H7NO3. The number of hydrogen-bond donors (Lipinski definition) is 2. The first kappa shape index (κ1) is 8.26. The molecular weight excluding hydrogens is 158 g/mol. The van der Waals surface area contributed by atoms with Crippen LogP contribution in [0.1, 0.15) is 15.9 Å². The van der Waals surface area contributed by atoms with Gasteiger partial charge in [0.05, 0.1) is 11.8 Å². The Morgan fingerprint density at radius 2 is 1.92 bits per heavy atom. The number of carboxylic acid groups (broad SMARTS) is 1. The molecule has 0 fully saturated rings. The fourth-order valence-corrected chi connectivity index (χ4v) is 0.778. The van der Waals surface area contributed by atoms with Crippen molar-refractivity contribution in [2.24, 2.45) is 5.16 Å². The molecule has 1 rings (SSSR count). The molecule has 0 aromatic heterocycles. The summed E-state index contributed by atoms with van der Waals surface area (Å²) in [6.07, 6.45) is 1.23. The van der Waals surface area contributed by atoms with Gasteiger partial charge in [-0.25, -0.2) is 4.79 Å². The van der Waals surface area contributed by atoms with Gasteiger partial charge < -0.3 is 10.3 Å². The van der Waals surface area contributed by atoms with Crippen molar-refractivity contribution in [3.63, 3.8) is 0 Å². The molecule has 0 amide bonds. The maximum Gasteiger partial charge on any atom is 0.335 e. The minimum absolute atomic E-state index is 0.213. The van der Waals surface area contributed by atoms with E-state index in [0.29, 0.717) is 5.56 Å². The van der Waals surface area contributed by atoms with Crippen molar-refractivity contribution in [3.8, 4) is 0 Å². The topological polar surface area (TPSA) is 69.9 Å². The van der Waals surface area contributed by atoms with Crippen LogP contribution in [0.3, 0.4) is 0 Å². The van der Waals surface area contributed by atoms with Gasteiger partial charge in [-0.2, -0.15) is 0 Å². The Morgan fingerprint density at radius 1 is 1.33 bits per heavy atom. The molecule has 62 valence electrons. The molecule has 0 heterocycles. The van der Waals surface area contributed by atoms with Crippen molar-refractivity contribution in [1.29, 1.82) is 0 Å². The highest BCUT2D eigenvalue weighted by Crippen LogP contribution is 2.01. The molecule has 0 unspecified atom stereocenters. The Kier molecular flexibility index (Phi) is 2.42. The number of carbonyl (C=O) groups is 1. The van der Waals surface area contributed by atoms with Crippen molar-refractivity contribution in [2.45, 2.75) is 0 Å². The quantitative estimate of drug-likeness (QED) is 0.393. The number of oxime groups is 1. The van der Waals surface area contributed by atoms with E-state index in [4.69, 9.17) is 10.3 Å². The Balaban J connectivity index is 2.93. The van der Waals surface area contributed by atoms with Crippen molar-refractivity contribution >= 4 is 12.2 Å². The summed E-state index contributed by atoms with van der Waals surface area (Å²) in [5, 5.41) is 19.5. The number of benzene rings is 1. The molecule has 0 spiro atoms. The van der Waals surface area contributed by atoms with Crippen LogP contribution in [0.4, 0.5) is 0 Å². The van der Waals surface area contributed by atoms with E-state index < -0.39 is 5.97 Å². The highest BCUT2D eigenvalue weighted by Gasteiger charge is 1.99. The van der Waals surface area contributed by atoms with Crippen LogP contribution in [0.5, 0.6) is 0 Å². The van der Waals surface area contributed by atoms with Crippen LogP contribution in [0.15, 0.2) is 29.4 Å². The zero-order chi connectivity index (χ0) is 8.97. The number of nitrogens with zero attached hydrogens (tertiary/aromatic N) is 1. The van der Waals surface area contributed by atoms with Crippen LogP contribution >= 0.6 is 0 Å². The van der Waals surface area contributed by atoms with E-state index in [2.05, 4.69) is 5.16 Å². The molecule has 0 saturated carbocycles. The highest BCUT2D eigenvalue weighted by molar-refractivity contribution is 5.89. The maximum absolute atomic E-state index is 10.4. The Bertz CT molecular complexity index is 303. The molecule has 0 saturated heterocycles. The lowest BCUT2D eigenvalue weighted by molar-refractivity contribution is 0.0697. The molecule has 0 atom stereocenters. The molecule has 4 nitrogen and oxygen atoms in total. The average molecular weight is 165 g/mol. The first-order valence-electron chi connectivity index (χ1n) is 3.25. The first-order valence-corrected chi connectivity index (χ1v) is 3.25. The van der Waals surface area contributed by atoms with E-state index in [1.54, 1.807) is 12.1 Å². The van der Waals surface area contributed by atoms with Gasteiger partial charge in [0, 0.05) is 0 Å². The summed E-state index contributed by atoms with van der Waals surface area (Å²) in [6.45, 7) is 0. The molecule has 0 aliphatic heterocycles.